The summed E-state index contributed by atoms with van der Waals surface area (Å²) in [5.74, 6) is 0.453. The highest BCUT2D eigenvalue weighted by Crippen LogP contribution is 2.31. The maximum Gasteiger partial charge on any atom is 0.323 e. The summed E-state index contributed by atoms with van der Waals surface area (Å²) in [6.07, 6.45) is 1.97. The Hall–Kier alpha value is -4.55. The fourth-order valence-electron chi connectivity index (χ4n) is 5.96. The lowest BCUT2D eigenvalue weighted by atomic mass is 10.1. The third-order valence-electron chi connectivity index (χ3n) is 8.75. The minimum absolute atomic E-state index is 0.0311. The molecule has 0 saturated carbocycles. The van der Waals surface area contributed by atoms with E-state index in [0.717, 1.165) is 23.4 Å². The molecule has 236 valence electrons. The van der Waals surface area contributed by atoms with Crippen LogP contribution in [0.15, 0.2) is 54.7 Å². The Labute approximate surface area is 262 Å². The number of urea groups is 1. The lowest BCUT2D eigenvalue weighted by Gasteiger charge is -2.42. The second-order valence-electron chi connectivity index (χ2n) is 11.7. The predicted octanol–water partition coefficient (Wildman–Crippen LogP) is 4.90. The molecule has 2 saturated heterocycles. The molecule has 11 nitrogen and oxygen atoms in total. The number of anilines is 3. The molecule has 4 heterocycles. The van der Waals surface area contributed by atoms with Crippen molar-refractivity contribution in [3.63, 3.8) is 0 Å². The van der Waals surface area contributed by atoms with Crippen molar-refractivity contribution >= 4 is 40.2 Å². The minimum atomic E-state index is -0.551. The Balaban J connectivity index is 1.14. The molecule has 2 aromatic heterocycles. The predicted molar refractivity (Wildman–Crippen MR) is 173 cm³/mol. The number of aromatic nitrogens is 3. The van der Waals surface area contributed by atoms with Crippen LogP contribution >= 0.6 is 0 Å². The molecule has 6 rings (SSSR count). The quantitative estimate of drug-likeness (QED) is 0.318. The van der Waals surface area contributed by atoms with Crippen molar-refractivity contribution < 1.29 is 18.7 Å². The van der Waals surface area contributed by atoms with E-state index in [4.69, 9.17) is 14.7 Å². The molecular weight excluding hydrogens is 575 g/mol. The lowest BCUT2D eigenvalue weighted by Crippen LogP contribution is -2.56. The van der Waals surface area contributed by atoms with E-state index in [-0.39, 0.29) is 35.1 Å². The smallest absolute Gasteiger partial charge is 0.323 e. The van der Waals surface area contributed by atoms with Crippen LogP contribution in [0.2, 0.25) is 0 Å². The number of likely N-dealkylation sites (N-methyl/N-ethyl adjacent to an activating group) is 1. The van der Waals surface area contributed by atoms with Gasteiger partial charge in [-0.25, -0.2) is 19.2 Å². The van der Waals surface area contributed by atoms with Gasteiger partial charge in [0.15, 0.2) is 5.82 Å². The molecule has 2 unspecified atom stereocenters. The number of halogens is 1. The van der Waals surface area contributed by atoms with Gasteiger partial charge in [0, 0.05) is 67.9 Å². The summed E-state index contributed by atoms with van der Waals surface area (Å²) in [7, 11) is 2.08. The second kappa shape index (κ2) is 12.8. The number of fused-ring (bicyclic) bond motifs is 1. The van der Waals surface area contributed by atoms with Gasteiger partial charge in [0.25, 0.3) is 5.91 Å². The van der Waals surface area contributed by atoms with E-state index < -0.39 is 11.8 Å². The fourth-order valence-corrected chi connectivity index (χ4v) is 5.96. The van der Waals surface area contributed by atoms with Crippen LogP contribution in [0.4, 0.5) is 26.4 Å². The van der Waals surface area contributed by atoms with Crippen LogP contribution in [0.1, 0.15) is 31.1 Å². The number of piperazine rings is 1. The zero-order valence-electron chi connectivity index (χ0n) is 26.1. The Morgan fingerprint density at radius 2 is 1.62 bits per heavy atom. The lowest BCUT2D eigenvalue weighted by molar-refractivity contribution is 0.0414. The number of hydrogen-bond donors (Lipinski definition) is 2. The van der Waals surface area contributed by atoms with Crippen LogP contribution in [0.3, 0.4) is 0 Å². The van der Waals surface area contributed by atoms with Gasteiger partial charge in [0.1, 0.15) is 17.3 Å². The first-order valence-corrected chi connectivity index (χ1v) is 15.4. The number of carbonyl (C=O) groups excluding carboxylic acids is 2. The standard InChI is InChI=1S/C33H39FN8O3/c1-5-40-13-12-27-30(40)37-29(38-31(27)41-14-16-45-17-15-41)26-11-10-25(18-28(26)34)36-33(44)35-24-8-6-23(7-9-24)32(43)42-19-21(2)39(4)22(3)20-42/h6-13,18,21-22H,5,14-17,19-20H2,1-4H3,(H2,35,36,44). The number of rotatable bonds is 6. The van der Waals surface area contributed by atoms with E-state index in [9.17, 15) is 9.59 Å². The number of benzene rings is 2. The molecule has 0 bridgehead atoms. The highest BCUT2D eigenvalue weighted by molar-refractivity contribution is 6.00. The molecule has 2 aliphatic heterocycles. The Bertz CT molecular complexity index is 1690. The Morgan fingerprint density at radius 3 is 2.29 bits per heavy atom. The number of carbonyl (C=O) groups is 2. The summed E-state index contributed by atoms with van der Waals surface area (Å²) in [5.41, 5.74) is 2.34. The normalized spacial score (nSPS) is 19.1. The topological polar surface area (TPSA) is 108 Å². The number of nitrogens with one attached hydrogen (secondary N) is 2. The molecule has 0 spiro atoms. The van der Waals surface area contributed by atoms with Crippen molar-refractivity contribution in [2.24, 2.45) is 0 Å². The van der Waals surface area contributed by atoms with Crippen LogP contribution < -0.4 is 15.5 Å². The largest absolute Gasteiger partial charge is 0.378 e. The highest BCUT2D eigenvalue weighted by Gasteiger charge is 2.30. The summed E-state index contributed by atoms with van der Waals surface area (Å²) in [6, 6.07) is 13.3. The second-order valence-corrected chi connectivity index (χ2v) is 11.7. The van der Waals surface area contributed by atoms with Gasteiger partial charge < -0.3 is 29.7 Å². The fraction of sp³-hybridized carbons (Fsp3) is 0.394. The van der Waals surface area contributed by atoms with Gasteiger partial charge >= 0.3 is 6.03 Å². The van der Waals surface area contributed by atoms with Crippen LogP contribution in [0, 0.1) is 5.82 Å². The maximum absolute atomic E-state index is 15.5. The molecule has 2 N–H and O–H groups in total. The van der Waals surface area contributed by atoms with Gasteiger partial charge in [-0.05, 0) is 76.3 Å². The summed E-state index contributed by atoms with van der Waals surface area (Å²) in [6.45, 7) is 10.9. The van der Waals surface area contributed by atoms with E-state index >= 15 is 4.39 Å². The first-order valence-electron chi connectivity index (χ1n) is 15.4. The maximum atomic E-state index is 15.5. The number of amides is 3. The van der Waals surface area contributed by atoms with Gasteiger partial charge in [0.05, 0.1) is 24.2 Å². The van der Waals surface area contributed by atoms with Gasteiger partial charge in [-0.2, -0.15) is 0 Å². The van der Waals surface area contributed by atoms with Crippen molar-refractivity contribution in [1.82, 2.24) is 24.3 Å². The van der Waals surface area contributed by atoms with E-state index in [0.29, 0.717) is 50.6 Å². The Kier molecular flexibility index (Phi) is 8.68. The molecule has 2 aliphatic rings. The minimum Gasteiger partial charge on any atom is -0.378 e. The molecule has 0 aliphatic carbocycles. The number of nitrogens with zero attached hydrogens (tertiary/aromatic N) is 6. The van der Waals surface area contributed by atoms with Gasteiger partial charge in [0.2, 0.25) is 0 Å². The molecular formula is C33H39FN8O3. The van der Waals surface area contributed by atoms with E-state index in [2.05, 4.69) is 41.3 Å². The Morgan fingerprint density at radius 1 is 0.956 bits per heavy atom. The number of ether oxygens (including phenoxy) is 1. The van der Waals surface area contributed by atoms with Gasteiger partial charge in [-0.1, -0.05) is 0 Å². The SMILES string of the molecule is CCn1ccc2c(N3CCOCC3)nc(-c3ccc(NC(=O)Nc4ccc(C(=O)N5CC(C)N(C)C(C)C5)cc4)cc3F)nc21. The van der Waals surface area contributed by atoms with Gasteiger partial charge in [-0.15, -0.1) is 0 Å². The third-order valence-corrected chi connectivity index (χ3v) is 8.75. The van der Waals surface area contributed by atoms with E-state index in [1.54, 1.807) is 36.4 Å². The van der Waals surface area contributed by atoms with E-state index in [1.165, 1.54) is 6.07 Å². The van der Waals surface area contributed by atoms with Crippen LogP contribution in [0.5, 0.6) is 0 Å². The monoisotopic (exact) mass is 614 g/mol. The first kappa shape index (κ1) is 30.5. The zero-order chi connectivity index (χ0) is 31.7. The third kappa shape index (κ3) is 6.34. The summed E-state index contributed by atoms with van der Waals surface area (Å²) in [5, 5.41) is 6.35. The number of morpholine rings is 1. The van der Waals surface area contributed by atoms with Crippen molar-refractivity contribution in [1.29, 1.82) is 0 Å². The molecule has 0 radical (unpaired) electrons. The number of aryl methyl sites for hydroxylation is 1. The zero-order valence-corrected chi connectivity index (χ0v) is 26.1. The molecule has 2 aromatic carbocycles. The summed E-state index contributed by atoms with van der Waals surface area (Å²) >= 11 is 0. The van der Waals surface area contributed by atoms with Crippen molar-refractivity contribution in [2.45, 2.75) is 39.4 Å². The molecule has 2 atom stereocenters. The summed E-state index contributed by atoms with van der Waals surface area (Å²) in [4.78, 5) is 41.6. The van der Waals surface area contributed by atoms with Gasteiger partial charge in [-0.3, -0.25) is 9.69 Å². The average molecular weight is 615 g/mol. The van der Waals surface area contributed by atoms with Crippen LogP contribution in [0.25, 0.3) is 22.4 Å². The molecule has 45 heavy (non-hydrogen) atoms. The summed E-state index contributed by atoms with van der Waals surface area (Å²) < 4.78 is 23.0. The van der Waals surface area contributed by atoms with Crippen LogP contribution in [-0.2, 0) is 11.3 Å². The van der Waals surface area contributed by atoms with Crippen molar-refractivity contribution in [3.8, 4) is 11.4 Å². The van der Waals surface area contributed by atoms with Crippen molar-refractivity contribution in [2.75, 3.05) is 62.0 Å². The average Bonchev–Trinajstić information content (AvgIpc) is 3.46. The molecule has 12 heteroatoms. The molecule has 4 aromatic rings. The van der Waals surface area contributed by atoms with E-state index in [1.807, 2.05) is 28.7 Å². The van der Waals surface area contributed by atoms with Crippen molar-refractivity contribution in [3.05, 3.63) is 66.1 Å². The number of hydrogen-bond acceptors (Lipinski definition) is 7. The highest BCUT2D eigenvalue weighted by atomic mass is 19.1. The molecule has 3 amide bonds. The molecule has 2 fully saturated rings. The first-order chi connectivity index (χ1) is 21.7. The van der Waals surface area contributed by atoms with Crippen LogP contribution in [-0.4, -0.2) is 94.8 Å².